The van der Waals surface area contributed by atoms with Gasteiger partial charge in [0.2, 0.25) is 15.9 Å². The number of nitrogens with zero attached hydrogens (tertiary/aromatic N) is 1. The van der Waals surface area contributed by atoms with E-state index in [-0.39, 0.29) is 43.1 Å². The van der Waals surface area contributed by atoms with Crippen LogP contribution < -0.4 is 5.32 Å². The van der Waals surface area contributed by atoms with Crippen LogP contribution in [0.25, 0.3) is 0 Å². The van der Waals surface area contributed by atoms with Gasteiger partial charge < -0.3 is 19.9 Å². The molecule has 2 N–H and O–H groups in total. The molecule has 2 heterocycles. The van der Waals surface area contributed by atoms with Gasteiger partial charge in [-0.05, 0) is 55.9 Å². The Hall–Kier alpha value is -1.59. The van der Waals surface area contributed by atoms with Gasteiger partial charge in [0, 0.05) is 13.1 Å². The van der Waals surface area contributed by atoms with Gasteiger partial charge in [-0.3, -0.25) is 4.79 Å². The minimum absolute atomic E-state index is 0.0193. The average molecular weight is 499 g/mol. The number of carbonyl (C=O) groups excluding carboxylic acids is 1. The molecule has 2 saturated heterocycles. The molecular weight excluding hydrogens is 463 g/mol. The fourth-order valence-electron chi connectivity index (χ4n) is 5.24. The number of benzene rings is 1. The van der Waals surface area contributed by atoms with E-state index in [4.69, 9.17) is 9.47 Å². The van der Waals surface area contributed by atoms with Gasteiger partial charge >= 0.3 is 0 Å². The molecule has 4 rings (SSSR count). The van der Waals surface area contributed by atoms with Crippen molar-refractivity contribution in [2.75, 3.05) is 26.3 Å². The first-order chi connectivity index (χ1) is 16.3. The molecule has 0 spiro atoms. The number of hydrogen-bond donors (Lipinski definition) is 2. The Morgan fingerprint density at radius 2 is 1.82 bits per heavy atom. The van der Waals surface area contributed by atoms with E-state index in [0.717, 1.165) is 25.0 Å². The Bertz CT molecular complexity index is 922. The van der Waals surface area contributed by atoms with Gasteiger partial charge in [-0.25, -0.2) is 12.8 Å². The number of sulfonamides is 1. The van der Waals surface area contributed by atoms with Gasteiger partial charge in [0.05, 0.1) is 48.9 Å². The largest absolute Gasteiger partial charge is 0.389 e. The Morgan fingerprint density at radius 3 is 2.56 bits per heavy atom. The van der Waals surface area contributed by atoms with Gasteiger partial charge in [0.1, 0.15) is 5.82 Å². The molecule has 1 saturated carbocycles. The van der Waals surface area contributed by atoms with Crippen molar-refractivity contribution in [2.24, 2.45) is 5.92 Å². The number of nitrogens with one attached hydrogen (secondary N) is 1. The molecule has 2 aliphatic heterocycles. The Kier molecular flexibility index (Phi) is 8.57. The van der Waals surface area contributed by atoms with E-state index in [0.29, 0.717) is 25.3 Å². The highest BCUT2D eigenvalue weighted by Crippen LogP contribution is 2.31. The van der Waals surface area contributed by atoms with Crippen LogP contribution in [0, 0.1) is 11.7 Å². The summed E-state index contributed by atoms with van der Waals surface area (Å²) < 4.78 is 53.1. The zero-order valence-electron chi connectivity index (χ0n) is 19.4. The monoisotopic (exact) mass is 498 g/mol. The molecule has 1 aromatic rings. The highest BCUT2D eigenvalue weighted by molar-refractivity contribution is 7.89. The fourth-order valence-corrected chi connectivity index (χ4v) is 6.96. The smallest absolute Gasteiger partial charge is 0.243 e. The molecule has 0 aromatic heterocycles. The van der Waals surface area contributed by atoms with Crippen molar-refractivity contribution in [1.82, 2.24) is 9.62 Å². The van der Waals surface area contributed by atoms with Crippen LogP contribution in [-0.4, -0.2) is 74.4 Å². The van der Waals surface area contributed by atoms with Crippen LogP contribution in [0.4, 0.5) is 4.39 Å². The second-order valence-corrected chi connectivity index (χ2v) is 11.6. The first-order valence-electron chi connectivity index (χ1n) is 12.3. The molecule has 3 aliphatic rings. The van der Waals surface area contributed by atoms with Crippen molar-refractivity contribution in [2.45, 2.75) is 80.6 Å². The topological polar surface area (TPSA) is 105 Å². The van der Waals surface area contributed by atoms with Gasteiger partial charge in [-0.1, -0.05) is 19.3 Å². The summed E-state index contributed by atoms with van der Waals surface area (Å²) >= 11 is 0. The summed E-state index contributed by atoms with van der Waals surface area (Å²) in [4.78, 5) is 12.5. The maximum absolute atomic E-state index is 13.4. The van der Waals surface area contributed by atoms with Crippen molar-refractivity contribution in [3.8, 4) is 0 Å². The number of amides is 1. The van der Waals surface area contributed by atoms with Crippen LogP contribution in [0.3, 0.4) is 0 Å². The van der Waals surface area contributed by atoms with E-state index in [1.165, 1.54) is 35.7 Å². The maximum atomic E-state index is 13.4. The summed E-state index contributed by atoms with van der Waals surface area (Å²) in [6.07, 6.45) is 5.38. The van der Waals surface area contributed by atoms with E-state index in [1.807, 2.05) is 0 Å². The Morgan fingerprint density at radius 1 is 1.09 bits per heavy atom. The molecular formula is C24H35FN2O6S. The van der Waals surface area contributed by atoms with Crippen molar-refractivity contribution in [3.05, 3.63) is 30.1 Å². The molecule has 1 aliphatic carbocycles. The molecule has 1 aromatic carbocycles. The average Bonchev–Trinajstić information content (AvgIpc) is 2.81. The number of β-amino-alcohol motifs (C(OH)–C–C–N with tert-alkyl or cyclic N) is 1. The fraction of sp³-hybridized carbons (Fsp3) is 0.708. The van der Waals surface area contributed by atoms with Gasteiger partial charge in [0.25, 0.3) is 0 Å². The molecule has 3 fully saturated rings. The third kappa shape index (κ3) is 6.34. The van der Waals surface area contributed by atoms with Gasteiger partial charge in [-0.2, -0.15) is 4.31 Å². The number of fused-ring (bicyclic) bond motifs is 1. The zero-order valence-corrected chi connectivity index (χ0v) is 20.2. The Labute approximate surface area is 200 Å². The normalized spacial score (nSPS) is 29.6. The maximum Gasteiger partial charge on any atom is 0.243 e. The molecule has 0 bridgehead atoms. The van der Waals surface area contributed by atoms with Crippen molar-refractivity contribution in [1.29, 1.82) is 0 Å². The van der Waals surface area contributed by atoms with Crippen molar-refractivity contribution >= 4 is 15.9 Å². The van der Waals surface area contributed by atoms with Crippen LogP contribution in [0.2, 0.25) is 0 Å². The molecule has 1 amide bonds. The van der Waals surface area contributed by atoms with Crippen LogP contribution in [-0.2, 0) is 24.3 Å². The Balaban J connectivity index is 1.40. The van der Waals surface area contributed by atoms with Gasteiger partial charge in [-0.15, -0.1) is 0 Å². The first kappa shape index (κ1) is 25.5. The van der Waals surface area contributed by atoms with E-state index in [1.54, 1.807) is 0 Å². The van der Waals surface area contributed by atoms with E-state index in [2.05, 4.69) is 5.32 Å². The third-order valence-electron chi connectivity index (χ3n) is 7.08. The summed E-state index contributed by atoms with van der Waals surface area (Å²) in [5.74, 6) is -0.0273. The number of carbonyl (C=O) groups is 1. The molecule has 34 heavy (non-hydrogen) atoms. The third-order valence-corrected chi connectivity index (χ3v) is 8.98. The lowest BCUT2D eigenvalue weighted by atomic mass is 9.89. The summed E-state index contributed by atoms with van der Waals surface area (Å²) in [6, 6.07) is 4.11. The van der Waals surface area contributed by atoms with E-state index in [9.17, 15) is 22.7 Å². The number of rotatable bonds is 6. The number of halogens is 1. The first-order valence-corrected chi connectivity index (χ1v) is 13.7. The SMILES string of the molecule is O=C(C[C@@H]1CC[C@H]2[C@@H](COC[C@H](O)CN2S(=O)(=O)c2ccc(F)cc2)O1)NCC1CCCCC1. The number of aliphatic hydroxyl groups excluding tert-OH is 1. The van der Waals surface area contributed by atoms with Crippen molar-refractivity contribution in [3.63, 3.8) is 0 Å². The highest BCUT2D eigenvalue weighted by Gasteiger charge is 2.43. The highest BCUT2D eigenvalue weighted by atomic mass is 32.2. The quantitative estimate of drug-likeness (QED) is 0.623. The lowest BCUT2D eigenvalue weighted by Gasteiger charge is -2.43. The van der Waals surface area contributed by atoms with E-state index < -0.39 is 34.1 Å². The van der Waals surface area contributed by atoms with Crippen LogP contribution >= 0.6 is 0 Å². The molecule has 8 nitrogen and oxygen atoms in total. The summed E-state index contributed by atoms with van der Waals surface area (Å²) in [7, 11) is -3.99. The standard InChI is InChI=1S/C24H35FN2O6S/c25-18-6-9-21(10-7-18)34(30,31)27-14-19(28)15-32-16-23-22(27)11-8-20(33-23)12-24(29)26-13-17-4-2-1-3-5-17/h6-7,9-10,17,19-20,22-23,28H,1-5,8,11-16H2,(H,26,29)/t19-,20+,22+,23-/m1/s1. The second-order valence-electron chi connectivity index (χ2n) is 9.67. The summed E-state index contributed by atoms with van der Waals surface area (Å²) in [5.41, 5.74) is 0. The summed E-state index contributed by atoms with van der Waals surface area (Å²) in [6.45, 7) is 0.658. The predicted molar refractivity (Wildman–Crippen MR) is 123 cm³/mol. The zero-order chi connectivity index (χ0) is 24.1. The van der Waals surface area contributed by atoms with Crippen LogP contribution in [0.5, 0.6) is 0 Å². The molecule has 0 radical (unpaired) electrons. The van der Waals surface area contributed by atoms with Crippen LogP contribution in [0.15, 0.2) is 29.2 Å². The predicted octanol–water partition coefficient (Wildman–Crippen LogP) is 2.21. The molecule has 0 unspecified atom stereocenters. The number of ether oxygens (including phenoxy) is 2. The minimum atomic E-state index is -3.99. The molecule has 10 heteroatoms. The number of aliphatic hydroxyl groups is 1. The lowest BCUT2D eigenvalue weighted by molar-refractivity contribution is -0.146. The minimum Gasteiger partial charge on any atom is -0.389 e. The van der Waals surface area contributed by atoms with E-state index >= 15 is 0 Å². The lowest BCUT2D eigenvalue weighted by Crippen LogP contribution is -2.57. The van der Waals surface area contributed by atoms with Crippen molar-refractivity contribution < 1.29 is 32.2 Å². The van der Waals surface area contributed by atoms with Gasteiger partial charge in [0.15, 0.2) is 0 Å². The summed E-state index contributed by atoms with van der Waals surface area (Å²) in [5, 5.41) is 13.3. The second kappa shape index (κ2) is 11.4. The van der Waals surface area contributed by atoms with Crippen LogP contribution in [0.1, 0.15) is 51.4 Å². The number of hydrogen-bond acceptors (Lipinski definition) is 6. The molecule has 190 valence electrons. The molecule has 4 atom stereocenters.